The van der Waals surface area contributed by atoms with Crippen molar-refractivity contribution in [3.63, 3.8) is 0 Å². The third-order valence-corrected chi connectivity index (χ3v) is 6.61. The summed E-state index contributed by atoms with van der Waals surface area (Å²) in [7, 11) is -1.28. The summed E-state index contributed by atoms with van der Waals surface area (Å²) >= 11 is 0. The lowest BCUT2D eigenvalue weighted by Crippen LogP contribution is -2.39. The molecule has 36 heavy (non-hydrogen) atoms. The first-order valence-electron chi connectivity index (χ1n) is 10.7. The Hall–Kier alpha value is -4.38. The van der Waals surface area contributed by atoms with Gasteiger partial charge in [0.05, 0.1) is 31.0 Å². The van der Waals surface area contributed by atoms with Gasteiger partial charge in [0.15, 0.2) is 6.61 Å². The molecule has 1 amide bonds. The van der Waals surface area contributed by atoms with Gasteiger partial charge in [-0.05, 0) is 54.1 Å². The number of nitrogens with one attached hydrogen (secondary N) is 1. The van der Waals surface area contributed by atoms with Crippen LogP contribution < -0.4 is 19.2 Å². The van der Waals surface area contributed by atoms with Crippen molar-refractivity contribution in [2.24, 2.45) is 5.10 Å². The highest BCUT2D eigenvalue weighted by atomic mass is 32.2. The van der Waals surface area contributed by atoms with E-state index in [1.54, 1.807) is 66.7 Å². The zero-order valence-corrected chi connectivity index (χ0v) is 20.5. The highest BCUT2D eigenvalue weighted by Gasteiger charge is 2.27. The Balaban J connectivity index is 1.73. The van der Waals surface area contributed by atoms with Gasteiger partial charge in [-0.3, -0.25) is 9.10 Å². The van der Waals surface area contributed by atoms with Gasteiger partial charge < -0.3 is 14.2 Å². The van der Waals surface area contributed by atoms with Gasteiger partial charge in [-0.15, -0.1) is 0 Å². The van der Waals surface area contributed by atoms with Crippen LogP contribution in [0.2, 0.25) is 0 Å². The van der Waals surface area contributed by atoms with E-state index in [1.807, 2.05) is 0 Å². The maximum atomic E-state index is 13.3. The molecule has 0 radical (unpaired) electrons. The summed E-state index contributed by atoms with van der Waals surface area (Å²) in [5, 5.41) is 3.91. The number of carbonyl (C=O) groups excluding carboxylic acids is 2. The van der Waals surface area contributed by atoms with E-state index in [2.05, 4.69) is 15.3 Å². The molecule has 10 nitrogen and oxygen atoms in total. The molecule has 0 atom stereocenters. The second-order valence-corrected chi connectivity index (χ2v) is 9.12. The number of ether oxygens (including phenoxy) is 3. The van der Waals surface area contributed by atoms with Crippen molar-refractivity contribution in [3.8, 4) is 11.5 Å². The van der Waals surface area contributed by atoms with Crippen LogP contribution in [0, 0.1) is 0 Å². The number of methoxy groups -OCH3 is 2. The number of anilines is 1. The lowest BCUT2D eigenvalue weighted by molar-refractivity contribution is -0.142. The average Bonchev–Trinajstić information content (AvgIpc) is 2.91. The van der Waals surface area contributed by atoms with Crippen molar-refractivity contribution in [1.82, 2.24) is 5.43 Å². The Bertz CT molecular complexity index is 1310. The molecule has 0 fully saturated rings. The second kappa shape index (κ2) is 12.4. The van der Waals surface area contributed by atoms with Crippen LogP contribution in [0.1, 0.15) is 5.56 Å². The summed E-state index contributed by atoms with van der Waals surface area (Å²) in [5.74, 6) is -0.217. The molecule has 0 saturated heterocycles. The molecule has 0 aliphatic rings. The van der Waals surface area contributed by atoms with Gasteiger partial charge in [0, 0.05) is 0 Å². The molecule has 0 unspecified atom stereocenters. The minimum Gasteiger partial charge on any atom is -0.497 e. The van der Waals surface area contributed by atoms with Crippen molar-refractivity contribution < 1.29 is 32.2 Å². The molecule has 0 aromatic heterocycles. The van der Waals surface area contributed by atoms with E-state index in [0.717, 1.165) is 4.31 Å². The van der Waals surface area contributed by atoms with Gasteiger partial charge >= 0.3 is 5.97 Å². The number of esters is 1. The van der Waals surface area contributed by atoms with Gasteiger partial charge in [0.1, 0.15) is 18.0 Å². The molecular weight excluding hydrogens is 486 g/mol. The molecular formula is C25H25N3O7S. The Morgan fingerprint density at radius 2 is 1.67 bits per heavy atom. The van der Waals surface area contributed by atoms with Crippen LogP contribution in [0.15, 0.2) is 88.9 Å². The minimum atomic E-state index is -4.04. The van der Waals surface area contributed by atoms with Gasteiger partial charge in [-0.1, -0.05) is 30.3 Å². The highest BCUT2D eigenvalue weighted by molar-refractivity contribution is 7.92. The molecule has 0 heterocycles. The fourth-order valence-electron chi connectivity index (χ4n) is 3.01. The standard InChI is InChI=1S/C25H25N3O7S/c1-33-21-13-11-20(12-14-21)28(36(31,32)23-9-4-3-5-10-23)17-24(29)27-26-16-19-7-6-8-22(15-19)35-18-25(30)34-2/h3-16H,17-18H2,1-2H3,(H,27,29)/b26-16-. The largest absolute Gasteiger partial charge is 0.497 e. The summed E-state index contributed by atoms with van der Waals surface area (Å²) in [6, 6.07) is 20.8. The van der Waals surface area contributed by atoms with Gasteiger partial charge in [0.25, 0.3) is 15.9 Å². The van der Waals surface area contributed by atoms with E-state index < -0.39 is 28.4 Å². The van der Waals surface area contributed by atoms with Crippen LogP contribution in [-0.4, -0.2) is 53.9 Å². The van der Waals surface area contributed by atoms with Crippen molar-refractivity contribution >= 4 is 33.8 Å². The zero-order valence-electron chi connectivity index (χ0n) is 19.7. The molecule has 11 heteroatoms. The quantitative estimate of drug-likeness (QED) is 0.238. The van der Waals surface area contributed by atoms with Crippen molar-refractivity contribution in [2.45, 2.75) is 4.90 Å². The van der Waals surface area contributed by atoms with E-state index in [9.17, 15) is 18.0 Å². The Kier molecular flexibility index (Phi) is 9.01. The van der Waals surface area contributed by atoms with E-state index in [4.69, 9.17) is 9.47 Å². The Morgan fingerprint density at radius 1 is 0.944 bits per heavy atom. The van der Waals surface area contributed by atoms with E-state index in [1.165, 1.54) is 32.6 Å². The number of hydrogen-bond acceptors (Lipinski definition) is 8. The smallest absolute Gasteiger partial charge is 0.343 e. The molecule has 0 spiro atoms. The number of carbonyl (C=O) groups is 2. The van der Waals surface area contributed by atoms with Crippen LogP contribution in [0.3, 0.4) is 0 Å². The van der Waals surface area contributed by atoms with Crippen molar-refractivity contribution in [1.29, 1.82) is 0 Å². The summed E-state index contributed by atoms with van der Waals surface area (Å²) in [6.07, 6.45) is 1.37. The van der Waals surface area contributed by atoms with Crippen molar-refractivity contribution in [2.75, 3.05) is 31.7 Å². The predicted octanol–water partition coefficient (Wildman–Crippen LogP) is 2.59. The van der Waals surface area contributed by atoms with Crippen LogP contribution >= 0.6 is 0 Å². The number of hydrazone groups is 1. The number of nitrogens with zero attached hydrogens (tertiary/aromatic N) is 2. The Morgan fingerprint density at radius 3 is 2.33 bits per heavy atom. The lowest BCUT2D eigenvalue weighted by Gasteiger charge is -2.23. The predicted molar refractivity (Wildman–Crippen MR) is 134 cm³/mol. The number of amides is 1. The summed E-state index contributed by atoms with van der Waals surface area (Å²) < 4.78 is 42.6. The normalized spacial score (nSPS) is 11.1. The van der Waals surface area contributed by atoms with Gasteiger partial charge in [-0.2, -0.15) is 5.10 Å². The van der Waals surface area contributed by atoms with Crippen LogP contribution in [-0.2, 0) is 24.3 Å². The summed E-state index contributed by atoms with van der Waals surface area (Å²) in [5.41, 5.74) is 3.21. The SMILES string of the molecule is COC(=O)COc1cccc(/C=N\NC(=O)CN(c2ccc(OC)cc2)S(=O)(=O)c2ccccc2)c1. The van der Waals surface area contributed by atoms with Gasteiger partial charge in [0.2, 0.25) is 0 Å². The van der Waals surface area contributed by atoms with E-state index in [-0.39, 0.29) is 17.2 Å². The zero-order chi connectivity index (χ0) is 26.0. The van der Waals surface area contributed by atoms with Crippen LogP contribution in [0.5, 0.6) is 11.5 Å². The molecule has 0 aliphatic carbocycles. The topological polar surface area (TPSA) is 124 Å². The first-order valence-corrected chi connectivity index (χ1v) is 12.1. The minimum absolute atomic E-state index is 0.0425. The third kappa shape index (κ3) is 7.06. The summed E-state index contributed by atoms with van der Waals surface area (Å²) in [4.78, 5) is 23.9. The Labute approximate surface area is 209 Å². The van der Waals surface area contributed by atoms with Crippen LogP contribution in [0.4, 0.5) is 5.69 Å². The molecule has 3 aromatic carbocycles. The third-order valence-electron chi connectivity index (χ3n) is 4.82. The van der Waals surface area contributed by atoms with E-state index >= 15 is 0 Å². The van der Waals surface area contributed by atoms with Crippen molar-refractivity contribution in [3.05, 3.63) is 84.4 Å². The molecule has 0 bridgehead atoms. The number of sulfonamides is 1. The first kappa shape index (κ1) is 26.2. The maximum Gasteiger partial charge on any atom is 0.343 e. The molecule has 3 rings (SSSR count). The molecule has 188 valence electrons. The fraction of sp³-hybridized carbons (Fsp3) is 0.160. The fourth-order valence-corrected chi connectivity index (χ4v) is 4.46. The van der Waals surface area contributed by atoms with E-state index in [0.29, 0.717) is 17.1 Å². The highest BCUT2D eigenvalue weighted by Crippen LogP contribution is 2.25. The average molecular weight is 512 g/mol. The lowest BCUT2D eigenvalue weighted by atomic mass is 10.2. The number of benzene rings is 3. The molecule has 3 aromatic rings. The number of hydrogen-bond donors (Lipinski definition) is 1. The number of rotatable bonds is 11. The maximum absolute atomic E-state index is 13.3. The monoisotopic (exact) mass is 511 g/mol. The molecule has 0 saturated carbocycles. The van der Waals surface area contributed by atoms with Gasteiger partial charge in [-0.25, -0.2) is 18.6 Å². The molecule has 1 N–H and O–H groups in total. The summed E-state index contributed by atoms with van der Waals surface area (Å²) in [6.45, 7) is -0.756. The molecule has 0 aliphatic heterocycles. The first-order chi connectivity index (χ1) is 17.3. The van der Waals surface area contributed by atoms with Crippen LogP contribution in [0.25, 0.3) is 0 Å². The second-order valence-electron chi connectivity index (χ2n) is 7.25.